The van der Waals surface area contributed by atoms with E-state index in [1.54, 1.807) is 23.1 Å². The number of urea groups is 1. The quantitative estimate of drug-likeness (QED) is 0.838. The van der Waals surface area contributed by atoms with Gasteiger partial charge in [-0.2, -0.15) is 0 Å². The van der Waals surface area contributed by atoms with Crippen LogP contribution < -0.4 is 5.32 Å². The third-order valence-corrected chi connectivity index (χ3v) is 3.81. The van der Waals surface area contributed by atoms with Crippen LogP contribution in [0.3, 0.4) is 0 Å². The Balaban J connectivity index is 2.21. The Bertz CT molecular complexity index is 550. The van der Waals surface area contributed by atoms with E-state index < -0.39 is 5.97 Å². The molecule has 0 saturated carbocycles. The first-order valence-corrected chi connectivity index (χ1v) is 7.01. The minimum absolute atomic E-state index is 0.0766. The highest BCUT2D eigenvalue weighted by atomic mass is 35.5. The summed E-state index contributed by atoms with van der Waals surface area (Å²) in [5, 5.41) is 12.1. The molecule has 0 radical (unpaired) electrons. The lowest BCUT2D eigenvalue weighted by atomic mass is 10.1. The van der Waals surface area contributed by atoms with E-state index in [0.29, 0.717) is 12.2 Å². The number of benzene rings is 1. The molecule has 2 rings (SSSR count). The lowest BCUT2D eigenvalue weighted by molar-refractivity contribution is 0.0602. The number of amides is 2. The average Bonchev–Trinajstić information content (AvgIpc) is 2.95. The zero-order chi connectivity index (χ0) is 15.4. The van der Waals surface area contributed by atoms with Crippen LogP contribution in [0.25, 0.3) is 0 Å². The Labute approximate surface area is 127 Å². The molecule has 1 aliphatic rings. The lowest BCUT2D eigenvalue weighted by Gasteiger charge is -2.24. The average molecular weight is 313 g/mol. The van der Waals surface area contributed by atoms with Crippen LogP contribution in [0.4, 0.5) is 10.5 Å². The molecular weight excluding hydrogens is 296 g/mol. The third kappa shape index (κ3) is 3.28. The Hall–Kier alpha value is -1.79. The summed E-state index contributed by atoms with van der Waals surface area (Å²) in [6.45, 7) is 0.498. The zero-order valence-corrected chi connectivity index (χ0v) is 12.4. The molecule has 0 spiro atoms. The summed E-state index contributed by atoms with van der Waals surface area (Å²) in [7, 11) is 1.25. The number of esters is 1. The predicted molar refractivity (Wildman–Crippen MR) is 78.6 cm³/mol. The van der Waals surface area contributed by atoms with Gasteiger partial charge in [-0.05, 0) is 25.0 Å². The van der Waals surface area contributed by atoms with Gasteiger partial charge in [-0.25, -0.2) is 9.59 Å². The van der Waals surface area contributed by atoms with Crippen LogP contribution in [-0.2, 0) is 4.74 Å². The van der Waals surface area contributed by atoms with E-state index in [2.05, 4.69) is 10.1 Å². The Morgan fingerprint density at radius 2 is 2.29 bits per heavy atom. The molecule has 0 bridgehead atoms. The molecule has 21 heavy (non-hydrogen) atoms. The summed E-state index contributed by atoms with van der Waals surface area (Å²) in [5.74, 6) is -0.615. The minimum Gasteiger partial charge on any atom is -0.465 e. The van der Waals surface area contributed by atoms with Gasteiger partial charge in [0.1, 0.15) is 5.56 Å². The van der Waals surface area contributed by atoms with Crippen molar-refractivity contribution in [3.8, 4) is 0 Å². The number of likely N-dealkylation sites (tertiary alicyclic amines) is 1. The number of anilines is 1. The van der Waals surface area contributed by atoms with Gasteiger partial charge in [-0.3, -0.25) is 0 Å². The summed E-state index contributed by atoms with van der Waals surface area (Å²) in [4.78, 5) is 25.6. The summed E-state index contributed by atoms with van der Waals surface area (Å²) < 4.78 is 4.68. The Morgan fingerprint density at radius 1 is 1.52 bits per heavy atom. The van der Waals surface area contributed by atoms with E-state index in [1.165, 1.54) is 7.11 Å². The van der Waals surface area contributed by atoms with Crippen molar-refractivity contribution in [2.45, 2.75) is 18.9 Å². The highest BCUT2D eigenvalue weighted by Gasteiger charge is 2.29. The summed E-state index contributed by atoms with van der Waals surface area (Å²) >= 11 is 6.00. The van der Waals surface area contributed by atoms with Gasteiger partial charge in [0.2, 0.25) is 0 Å². The van der Waals surface area contributed by atoms with Gasteiger partial charge in [-0.15, -0.1) is 0 Å². The molecule has 2 N–H and O–H groups in total. The molecule has 1 aromatic carbocycles. The van der Waals surface area contributed by atoms with Crippen molar-refractivity contribution in [2.75, 3.05) is 25.6 Å². The minimum atomic E-state index is -0.615. The maximum Gasteiger partial charge on any atom is 0.341 e. The molecule has 0 aliphatic carbocycles. The zero-order valence-electron chi connectivity index (χ0n) is 11.6. The number of carbonyl (C=O) groups excluding carboxylic acids is 2. The standard InChI is InChI=1S/C14H17ClN2O4/c1-21-13(19)12-10(15)5-2-6-11(12)16-14(20)17-7-3-4-9(17)8-18/h2,5-6,9,18H,3-4,7-8H2,1H3,(H,16,20)/t9-/m0/s1. The molecule has 1 saturated heterocycles. The molecule has 7 heteroatoms. The van der Waals surface area contributed by atoms with E-state index in [0.717, 1.165) is 12.8 Å². The van der Waals surface area contributed by atoms with Gasteiger partial charge in [0, 0.05) is 6.54 Å². The SMILES string of the molecule is COC(=O)c1c(Cl)cccc1NC(=O)N1CCC[C@H]1CO. The predicted octanol–water partition coefficient (Wildman–Crippen LogP) is 2.12. The molecule has 2 amide bonds. The highest BCUT2D eigenvalue weighted by molar-refractivity contribution is 6.34. The largest absolute Gasteiger partial charge is 0.465 e. The van der Waals surface area contributed by atoms with Gasteiger partial charge in [0.15, 0.2) is 0 Å². The molecule has 6 nitrogen and oxygen atoms in total. The summed E-state index contributed by atoms with van der Waals surface area (Å²) in [5.41, 5.74) is 0.415. The number of aliphatic hydroxyl groups is 1. The number of carbonyl (C=O) groups is 2. The fraction of sp³-hybridized carbons (Fsp3) is 0.429. The number of aliphatic hydroxyl groups excluding tert-OH is 1. The van der Waals surface area contributed by atoms with Gasteiger partial charge in [-0.1, -0.05) is 17.7 Å². The van der Waals surface area contributed by atoms with E-state index in [4.69, 9.17) is 11.6 Å². The number of hydrogen-bond donors (Lipinski definition) is 2. The van der Waals surface area contributed by atoms with E-state index in [-0.39, 0.29) is 29.3 Å². The van der Waals surface area contributed by atoms with Crippen LogP contribution >= 0.6 is 11.6 Å². The molecule has 0 unspecified atom stereocenters. The number of nitrogens with zero attached hydrogens (tertiary/aromatic N) is 1. The molecule has 0 aromatic heterocycles. The number of rotatable bonds is 3. The highest BCUT2D eigenvalue weighted by Crippen LogP contribution is 2.26. The second-order valence-electron chi connectivity index (χ2n) is 4.76. The normalized spacial score (nSPS) is 17.7. The second kappa shape index (κ2) is 6.78. The topological polar surface area (TPSA) is 78.9 Å². The number of ether oxygens (including phenoxy) is 1. The molecule has 1 heterocycles. The van der Waals surface area contributed by atoms with Gasteiger partial charge in [0.05, 0.1) is 30.5 Å². The van der Waals surface area contributed by atoms with Gasteiger partial charge < -0.3 is 20.1 Å². The number of methoxy groups -OCH3 is 1. The number of halogens is 1. The first-order chi connectivity index (χ1) is 10.1. The maximum absolute atomic E-state index is 12.3. The van der Waals surface area contributed by atoms with Crippen molar-refractivity contribution in [3.05, 3.63) is 28.8 Å². The van der Waals surface area contributed by atoms with Crippen molar-refractivity contribution in [1.82, 2.24) is 4.90 Å². The third-order valence-electron chi connectivity index (χ3n) is 3.49. The second-order valence-corrected chi connectivity index (χ2v) is 5.16. The molecule has 1 aromatic rings. The Kier molecular flexibility index (Phi) is 5.03. The van der Waals surface area contributed by atoms with Crippen molar-refractivity contribution in [3.63, 3.8) is 0 Å². The first kappa shape index (κ1) is 15.6. The fourth-order valence-corrected chi connectivity index (χ4v) is 2.67. The van der Waals surface area contributed by atoms with Crippen LogP contribution in [0.5, 0.6) is 0 Å². The van der Waals surface area contributed by atoms with E-state index >= 15 is 0 Å². The lowest BCUT2D eigenvalue weighted by Crippen LogP contribution is -2.40. The summed E-state index contributed by atoms with van der Waals surface area (Å²) in [6.07, 6.45) is 1.61. The molecule has 1 aliphatic heterocycles. The smallest absolute Gasteiger partial charge is 0.341 e. The first-order valence-electron chi connectivity index (χ1n) is 6.63. The van der Waals surface area contributed by atoms with Crippen LogP contribution in [-0.4, -0.2) is 48.3 Å². The number of hydrogen-bond acceptors (Lipinski definition) is 4. The van der Waals surface area contributed by atoms with Crippen LogP contribution in [0.15, 0.2) is 18.2 Å². The van der Waals surface area contributed by atoms with Crippen molar-refractivity contribution in [1.29, 1.82) is 0 Å². The van der Waals surface area contributed by atoms with E-state index in [1.807, 2.05) is 0 Å². The van der Waals surface area contributed by atoms with Crippen LogP contribution in [0.2, 0.25) is 5.02 Å². The summed E-state index contributed by atoms with van der Waals surface area (Å²) in [6, 6.07) is 4.22. The van der Waals surface area contributed by atoms with Crippen molar-refractivity contribution >= 4 is 29.3 Å². The maximum atomic E-state index is 12.3. The fourth-order valence-electron chi connectivity index (χ4n) is 2.42. The monoisotopic (exact) mass is 312 g/mol. The van der Waals surface area contributed by atoms with Gasteiger partial charge in [0.25, 0.3) is 0 Å². The van der Waals surface area contributed by atoms with E-state index in [9.17, 15) is 14.7 Å². The number of nitrogens with one attached hydrogen (secondary N) is 1. The molecule has 1 atom stereocenters. The van der Waals surface area contributed by atoms with Crippen LogP contribution in [0.1, 0.15) is 23.2 Å². The van der Waals surface area contributed by atoms with Crippen LogP contribution in [0, 0.1) is 0 Å². The Morgan fingerprint density at radius 3 is 2.95 bits per heavy atom. The van der Waals surface area contributed by atoms with Crippen molar-refractivity contribution in [2.24, 2.45) is 0 Å². The molecular formula is C14H17ClN2O4. The molecule has 1 fully saturated rings. The molecule has 114 valence electrons. The van der Waals surface area contributed by atoms with Gasteiger partial charge >= 0.3 is 12.0 Å². The van der Waals surface area contributed by atoms with Crippen molar-refractivity contribution < 1.29 is 19.4 Å².